The van der Waals surface area contributed by atoms with Crippen molar-refractivity contribution in [2.24, 2.45) is 11.8 Å². The summed E-state index contributed by atoms with van der Waals surface area (Å²) in [7, 11) is 3.93. The summed E-state index contributed by atoms with van der Waals surface area (Å²) in [5, 5.41) is 9.37. The van der Waals surface area contributed by atoms with Gasteiger partial charge in [0.25, 0.3) is 5.91 Å². The molecule has 2 amide bonds. The lowest BCUT2D eigenvalue weighted by atomic mass is 9.81. The first-order valence-corrected chi connectivity index (χ1v) is 11.5. The van der Waals surface area contributed by atoms with E-state index in [-0.39, 0.29) is 30.1 Å². The minimum atomic E-state index is -0.769. The van der Waals surface area contributed by atoms with Gasteiger partial charge in [0.05, 0.1) is 0 Å². The van der Waals surface area contributed by atoms with Crippen LogP contribution in [0, 0.1) is 11.8 Å². The number of carboxylic acids is 1. The summed E-state index contributed by atoms with van der Waals surface area (Å²) in [5.74, 6) is -0.383. The number of amides is 2. The predicted molar refractivity (Wildman–Crippen MR) is 124 cm³/mol. The quantitative estimate of drug-likeness (QED) is 0.691. The maximum absolute atomic E-state index is 13.1. The van der Waals surface area contributed by atoms with Crippen molar-refractivity contribution in [2.45, 2.75) is 26.2 Å². The van der Waals surface area contributed by atoms with Gasteiger partial charge in [0, 0.05) is 78.0 Å². The molecule has 8 heteroatoms. The number of rotatable bonds is 7. The van der Waals surface area contributed by atoms with Gasteiger partial charge in [-0.05, 0) is 55.5 Å². The Bertz CT molecular complexity index is 803. The highest BCUT2D eigenvalue weighted by atomic mass is 16.4. The van der Waals surface area contributed by atoms with Crippen molar-refractivity contribution >= 4 is 23.5 Å². The second-order valence-electron chi connectivity index (χ2n) is 9.24. The predicted octanol–water partition coefficient (Wildman–Crippen LogP) is 1.86. The van der Waals surface area contributed by atoms with Crippen LogP contribution >= 0.6 is 0 Å². The number of carboxylic acid groups (broad SMARTS) is 1. The normalized spacial score (nSPS) is 22.0. The van der Waals surface area contributed by atoms with E-state index in [1.54, 1.807) is 6.92 Å². The third-order valence-corrected chi connectivity index (χ3v) is 6.88. The summed E-state index contributed by atoms with van der Waals surface area (Å²) in [5.41, 5.74) is 1.72. The molecule has 2 saturated heterocycles. The molecule has 1 aromatic rings. The highest BCUT2D eigenvalue weighted by Gasteiger charge is 2.33. The molecule has 3 rings (SSSR count). The second kappa shape index (κ2) is 10.8. The van der Waals surface area contributed by atoms with Crippen molar-refractivity contribution in [3.8, 4) is 0 Å². The van der Waals surface area contributed by atoms with Crippen LogP contribution in [0.15, 0.2) is 24.3 Å². The molecule has 32 heavy (non-hydrogen) atoms. The van der Waals surface area contributed by atoms with Crippen LogP contribution in [-0.4, -0.2) is 97.5 Å². The summed E-state index contributed by atoms with van der Waals surface area (Å²) in [4.78, 5) is 44.2. The first kappa shape index (κ1) is 24.0. The number of carbonyl (C=O) groups excluding carboxylic acids is 2. The molecule has 1 aromatic carbocycles. The molecular weight excluding hydrogens is 408 g/mol. The van der Waals surface area contributed by atoms with Crippen molar-refractivity contribution in [1.29, 1.82) is 0 Å². The van der Waals surface area contributed by atoms with Gasteiger partial charge in [-0.15, -0.1) is 0 Å². The number of nitrogens with zero attached hydrogens (tertiary/aromatic N) is 4. The number of hydrogen-bond donors (Lipinski definition) is 1. The Morgan fingerprint density at radius 3 is 2.19 bits per heavy atom. The van der Waals surface area contributed by atoms with E-state index in [4.69, 9.17) is 0 Å². The van der Waals surface area contributed by atoms with Gasteiger partial charge in [-0.1, -0.05) is 0 Å². The molecule has 1 N–H and O–H groups in total. The molecule has 0 aliphatic carbocycles. The first-order chi connectivity index (χ1) is 15.2. The van der Waals surface area contributed by atoms with Crippen LogP contribution in [0.3, 0.4) is 0 Å². The zero-order chi connectivity index (χ0) is 23.3. The van der Waals surface area contributed by atoms with Crippen molar-refractivity contribution in [3.05, 3.63) is 29.8 Å². The summed E-state index contributed by atoms with van der Waals surface area (Å²) in [6.07, 6.45) is 1.74. The van der Waals surface area contributed by atoms with E-state index in [9.17, 15) is 19.5 Å². The minimum Gasteiger partial charge on any atom is -0.481 e. The van der Waals surface area contributed by atoms with Crippen LogP contribution in [0.2, 0.25) is 0 Å². The number of carbonyl (C=O) groups is 3. The van der Waals surface area contributed by atoms with Crippen LogP contribution in [0.25, 0.3) is 0 Å². The van der Waals surface area contributed by atoms with Gasteiger partial charge in [0.1, 0.15) is 0 Å². The molecule has 2 aliphatic heterocycles. The molecule has 0 bridgehead atoms. The Balaban J connectivity index is 1.60. The zero-order valence-corrected chi connectivity index (χ0v) is 19.5. The fourth-order valence-electron chi connectivity index (χ4n) is 4.80. The van der Waals surface area contributed by atoms with Crippen LogP contribution < -0.4 is 4.90 Å². The molecular formula is C24H36N4O4. The molecule has 0 spiro atoms. The molecule has 2 atom stereocenters. The van der Waals surface area contributed by atoms with Gasteiger partial charge in [-0.25, -0.2) is 0 Å². The average molecular weight is 445 g/mol. The third kappa shape index (κ3) is 6.22. The molecule has 176 valence electrons. The van der Waals surface area contributed by atoms with Crippen LogP contribution in [0.5, 0.6) is 0 Å². The van der Waals surface area contributed by atoms with E-state index in [0.29, 0.717) is 18.7 Å². The number of anilines is 1. The lowest BCUT2D eigenvalue weighted by Gasteiger charge is -2.40. The molecule has 0 aromatic heterocycles. The smallest absolute Gasteiger partial charge is 0.303 e. The fraction of sp³-hybridized carbons (Fsp3) is 0.625. The monoisotopic (exact) mass is 444 g/mol. The third-order valence-electron chi connectivity index (χ3n) is 6.88. The van der Waals surface area contributed by atoms with Gasteiger partial charge in [-0.3, -0.25) is 19.3 Å². The first-order valence-electron chi connectivity index (χ1n) is 11.5. The molecule has 0 unspecified atom stereocenters. The zero-order valence-electron chi connectivity index (χ0n) is 19.5. The van der Waals surface area contributed by atoms with Gasteiger partial charge in [0.15, 0.2) is 0 Å². The van der Waals surface area contributed by atoms with Gasteiger partial charge < -0.3 is 19.8 Å². The van der Waals surface area contributed by atoms with Crippen molar-refractivity contribution < 1.29 is 19.5 Å². The number of benzene rings is 1. The Morgan fingerprint density at radius 2 is 1.62 bits per heavy atom. The van der Waals surface area contributed by atoms with Crippen LogP contribution in [-0.2, 0) is 9.59 Å². The van der Waals surface area contributed by atoms with Gasteiger partial charge in [0.2, 0.25) is 5.91 Å². The summed E-state index contributed by atoms with van der Waals surface area (Å²) < 4.78 is 0. The Kier molecular flexibility index (Phi) is 8.12. The molecule has 2 aliphatic rings. The van der Waals surface area contributed by atoms with Crippen molar-refractivity contribution in [3.63, 3.8) is 0 Å². The number of likely N-dealkylation sites (tertiary alicyclic amines) is 1. The van der Waals surface area contributed by atoms with Crippen molar-refractivity contribution in [2.75, 3.05) is 64.8 Å². The second-order valence-corrected chi connectivity index (χ2v) is 9.24. The van der Waals surface area contributed by atoms with Crippen LogP contribution in [0.1, 0.15) is 36.5 Å². The molecule has 2 fully saturated rings. The van der Waals surface area contributed by atoms with E-state index in [0.717, 1.165) is 51.3 Å². The van der Waals surface area contributed by atoms with E-state index >= 15 is 0 Å². The lowest BCUT2D eigenvalue weighted by Crippen LogP contribution is -2.49. The topological polar surface area (TPSA) is 84.4 Å². The van der Waals surface area contributed by atoms with Crippen LogP contribution in [0.4, 0.5) is 5.69 Å². The van der Waals surface area contributed by atoms with Gasteiger partial charge >= 0.3 is 5.97 Å². The van der Waals surface area contributed by atoms with E-state index in [1.807, 2.05) is 53.1 Å². The number of aliphatic carboxylic acids is 1. The fourth-order valence-corrected chi connectivity index (χ4v) is 4.80. The summed E-state index contributed by atoms with van der Waals surface area (Å²) in [6.45, 7) is 6.84. The molecule has 0 saturated carbocycles. The maximum Gasteiger partial charge on any atom is 0.303 e. The summed E-state index contributed by atoms with van der Waals surface area (Å²) in [6, 6.07) is 7.63. The highest BCUT2D eigenvalue weighted by molar-refractivity contribution is 5.94. The summed E-state index contributed by atoms with van der Waals surface area (Å²) >= 11 is 0. The molecule has 0 radical (unpaired) electrons. The number of piperazine rings is 1. The van der Waals surface area contributed by atoms with E-state index in [1.165, 1.54) is 0 Å². The largest absolute Gasteiger partial charge is 0.481 e. The van der Waals surface area contributed by atoms with Crippen molar-refractivity contribution in [1.82, 2.24) is 14.7 Å². The Morgan fingerprint density at radius 1 is 0.969 bits per heavy atom. The van der Waals surface area contributed by atoms with E-state index in [2.05, 4.69) is 4.90 Å². The minimum absolute atomic E-state index is 0.0177. The Labute approximate surface area is 190 Å². The molecule has 2 heterocycles. The Hall–Kier alpha value is -2.61. The standard InChI is InChI=1S/C24H36N4O4/c1-18(29)27-14-12-26(13-15-27)10-8-21-17-28(11-9-20(21)16-23(30)31)24(32)19-4-6-22(7-5-19)25(2)3/h4-7,20-21H,8-17H2,1-3H3,(H,30,31)/t20-,21-/m0/s1. The van der Waals surface area contributed by atoms with E-state index < -0.39 is 5.97 Å². The number of piperidine rings is 1. The average Bonchev–Trinajstić information content (AvgIpc) is 2.78. The SMILES string of the molecule is CC(=O)N1CCN(CC[C@H]2CN(C(=O)c3ccc(N(C)C)cc3)CC[C@H]2CC(=O)O)CC1. The van der Waals surface area contributed by atoms with Gasteiger partial charge in [-0.2, -0.15) is 0 Å². The lowest BCUT2D eigenvalue weighted by molar-refractivity contribution is -0.139. The maximum atomic E-state index is 13.1. The highest BCUT2D eigenvalue weighted by Crippen LogP contribution is 2.30. The number of hydrogen-bond acceptors (Lipinski definition) is 5. The molecule has 8 nitrogen and oxygen atoms in total.